The summed E-state index contributed by atoms with van der Waals surface area (Å²) in [5, 5.41) is 10.5. The maximum Gasteiger partial charge on any atom is 0.159 e. The highest BCUT2D eigenvalue weighted by atomic mass is 16.3. The third-order valence-corrected chi connectivity index (χ3v) is 5.32. The number of carbonyl (C=O) groups is 1. The molecule has 0 unspecified atom stereocenters. The van der Waals surface area contributed by atoms with E-state index in [2.05, 4.69) is 40.3 Å². The number of hydrogen-bond acceptors (Lipinski definition) is 2. The number of Topliss-reactive ketones (excluding diaryl/α,β-unsaturated/α-hetero) is 1. The van der Waals surface area contributed by atoms with Crippen molar-refractivity contribution in [3.63, 3.8) is 0 Å². The second kappa shape index (κ2) is 6.54. The molecule has 0 bridgehead atoms. The Bertz CT molecular complexity index is 536. The fourth-order valence-corrected chi connectivity index (χ4v) is 4.02. The van der Waals surface area contributed by atoms with Crippen LogP contribution in [0.15, 0.2) is 34.9 Å². The standard InChI is InChI=1S/C20H30O2/c1-13(2)19-16-10-9-14(3)7-6-8-15(4)17(21)11-20(16,5)12-18(19)22/h7,13,17,21H,4,6,8-12H2,1-3,5H3/b14-7+/t17-,20+/m0/s1. The summed E-state index contributed by atoms with van der Waals surface area (Å²) < 4.78 is 0. The average Bonchev–Trinajstić information content (AvgIpc) is 2.65. The summed E-state index contributed by atoms with van der Waals surface area (Å²) in [6.07, 6.45) is 6.66. The van der Waals surface area contributed by atoms with Crippen molar-refractivity contribution in [1.82, 2.24) is 0 Å². The first-order chi connectivity index (χ1) is 10.2. The van der Waals surface area contributed by atoms with E-state index in [0.717, 1.165) is 36.8 Å². The Morgan fingerprint density at radius 3 is 2.64 bits per heavy atom. The van der Waals surface area contributed by atoms with Crippen LogP contribution in [0.1, 0.15) is 66.2 Å². The Balaban J connectivity index is 2.44. The van der Waals surface area contributed by atoms with Gasteiger partial charge >= 0.3 is 0 Å². The number of rotatable bonds is 1. The van der Waals surface area contributed by atoms with E-state index in [-0.39, 0.29) is 17.1 Å². The van der Waals surface area contributed by atoms with Gasteiger partial charge in [-0.25, -0.2) is 0 Å². The van der Waals surface area contributed by atoms with E-state index < -0.39 is 6.10 Å². The van der Waals surface area contributed by atoms with Crippen molar-refractivity contribution in [3.8, 4) is 0 Å². The van der Waals surface area contributed by atoms with Gasteiger partial charge in [0, 0.05) is 6.42 Å². The zero-order chi connectivity index (χ0) is 16.5. The summed E-state index contributed by atoms with van der Waals surface area (Å²) in [6, 6.07) is 0. The van der Waals surface area contributed by atoms with Crippen molar-refractivity contribution in [3.05, 3.63) is 34.9 Å². The monoisotopic (exact) mass is 302 g/mol. The Morgan fingerprint density at radius 2 is 2.00 bits per heavy atom. The lowest BCUT2D eigenvalue weighted by molar-refractivity contribution is -0.116. The smallest absolute Gasteiger partial charge is 0.159 e. The van der Waals surface area contributed by atoms with E-state index in [0.29, 0.717) is 12.8 Å². The van der Waals surface area contributed by atoms with Gasteiger partial charge in [0.15, 0.2) is 5.78 Å². The molecular formula is C20H30O2. The molecule has 1 N–H and O–H groups in total. The molecule has 2 heteroatoms. The quantitative estimate of drug-likeness (QED) is 0.710. The highest BCUT2D eigenvalue weighted by molar-refractivity contribution is 6.00. The maximum atomic E-state index is 12.5. The summed E-state index contributed by atoms with van der Waals surface area (Å²) in [4.78, 5) is 12.5. The molecule has 0 saturated heterocycles. The molecule has 0 amide bonds. The molecule has 2 atom stereocenters. The van der Waals surface area contributed by atoms with Crippen molar-refractivity contribution in [2.75, 3.05) is 0 Å². The zero-order valence-corrected chi connectivity index (χ0v) is 14.5. The molecule has 0 saturated carbocycles. The number of hydrogen-bond donors (Lipinski definition) is 1. The van der Waals surface area contributed by atoms with Gasteiger partial charge in [-0.2, -0.15) is 0 Å². The van der Waals surface area contributed by atoms with Crippen molar-refractivity contribution < 1.29 is 9.90 Å². The van der Waals surface area contributed by atoms with Crippen LogP contribution in [0.4, 0.5) is 0 Å². The van der Waals surface area contributed by atoms with Gasteiger partial charge in [0.25, 0.3) is 0 Å². The Labute approximate surface area is 135 Å². The van der Waals surface area contributed by atoms with Crippen LogP contribution in [0.3, 0.4) is 0 Å². The van der Waals surface area contributed by atoms with Crippen LogP contribution in [-0.4, -0.2) is 17.0 Å². The predicted molar refractivity (Wildman–Crippen MR) is 91.6 cm³/mol. The van der Waals surface area contributed by atoms with E-state index in [1.54, 1.807) is 0 Å². The van der Waals surface area contributed by atoms with Gasteiger partial charge < -0.3 is 5.11 Å². The van der Waals surface area contributed by atoms with Crippen molar-refractivity contribution >= 4 is 5.78 Å². The molecule has 122 valence electrons. The van der Waals surface area contributed by atoms with E-state index >= 15 is 0 Å². The minimum Gasteiger partial charge on any atom is -0.389 e. The first-order valence-electron chi connectivity index (χ1n) is 8.52. The molecule has 2 aliphatic rings. The van der Waals surface area contributed by atoms with E-state index in [9.17, 15) is 9.90 Å². The average molecular weight is 302 g/mol. The number of ketones is 1. The summed E-state index contributed by atoms with van der Waals surface area (Å²) in [7, 11) is 0. The first-order valence-corrected chi connectivity index (χ1v) is 8.52. The topological polar surface area (TPSA) is 37.3 Å². The summed E-state index contributed by atoms with van der Waals surface area (Å²) >= 11 is 0. The van der Waals surface area contributed by atoms with E-state index in [1.807, 2.05) is 0 Å². The number of fused-ring (bicyclic) bond motifs is 1. The van der Waals surface area contributed by atoms with E-state index in [1.165, 1.54) is 11.1 Å². The highest BCUT2D eigenvalue weighted by Gasteiger charge is 2.43. The zero-order valence-electron chi connectivity index (χ0n) is 14.5. The lowest BCUT2D eigenvalue weighted by Gasteiger charge is -2.31. The van der Waals surface area contributed by atoms with Crippen LogP contribution < -0.4 is 0 Å². The van der Waals surface area contributed by atoms with Gasteiger partial charge in [-0.05, 0) is 61.5 Å². The second-order valence-corrected chi connectivity index (χ2v) is 7.67. The van der Waals surface area contributed by atoms with Crippen LogP contribution >= 0.6 is 0 Å². The molecule has 0 spiro atoms. The number of aliphatic hydroxyl groups is 1. The van der Waals surface area contributed by atoms with Gasteiger partial charge in [0.05, 0.1) is 6.10 Å². The van der Waals surface area contributed by atoms with Crippen molar-refractivity contribution in [2.45, 2.75) is 72.3 Å². The van der Waals surface area contributed by atoms with Gasteiger partial charge in [-0.15, -0.1) is 0 Å². The third kappa shape index (κ3) is 3.43. The number of allylic oxidation sites excluding steroid dienone is 4. The molecule has 2 nitrogen and oxygen atoms in total. The Morgan fingerprint density at radius 1 is 1.32 bits per heavy atom. The minimum atomic E-state index is -0.508. The molecule has 0 aliphatic heterocycles. The fourth-order valence-electron chi connectivity index (χ4n) is 4.02. The molecule has 0 heterocycles. The summed E-state index contributed by atoms with van der Waals surface area (Å²) in [6.45, 7) is 12.6. The third-order valence-electron chi connectivity index (χ3n) is 5.32. The van der Waals surface area contributed by atoms with Crippen LogP contribution in [0.25, 0.3) is 0 Å². The lowest BCUT2D eigenvalue weighted by atomic mass is 9.74. The molecule has 22 heavy (non-hydrogen) atoms. The van der Waals surface area contributed by atoms with Gasteiger partial charge in [-0.1, -0.05) is 44.6 Å². The second-order valence-electron chi connectivity index (χ2n) is 7.67. The summed E-state index contributed by atoms with van der Waals surface area (Å²) in [5.41, 5.74) is 4.38. The van der Waals surface area contributed by atoms with Crippen LogP contribution in [0.2, 0.25) is 0 Å². The molecule has 0 aromatic carbocycles. The molecule has 0 aromatic heterocycles. The fraction of sp³-hybridized carbons (Fsp3) is 0.650. The molecule has 0 aromatic rings. The van der Waals surface area contributed by atoms with Crippen LogP contribution in [0, 0.1) is 11.3 Å². The number of carbonyl (C=O) groups excluding carboxylic acids is 1. The van der Waals surface area contributed by atoms with Crippen molar-refractivity contribution in [2.24, 2.45) is 11.3 Å². The Hall–Kier alpha value is -1.15. The minimum absolute atomic E-state index is 0.205. The lowest BCUT2D eigenvalue weighted by Crippen LogP contribution is -2.25. The molecule has 0 radical (unpaired) electrons. The molecule has 0 fully saturated rings. The largest absolute Gasteiger partial charge is 0.389 e. The number of aliphatic hydroxyl groups excluding tert-OH is 1. The molecular weight excluding hydrogens is 272 g/mol. The highest BCUT2D eigenvalue weighted by Crippen LogP contribution is 2.49. The van der Waals surface area contributed by atoms with Gasteiger partial charge in [0.1, 0.15) is 0 Å². The Kier molecular flexibility index (Phi) is 5.11. The molecule has 2 rings (SSSR count). The van der Waals surface area contributed by atoms with Gasteiger partial charge in [-0.3, -0.25) is 4.79 Å². The van der Waals surface area contributed by atoms with Crippen LogP contribution in [-0.2, 0) is 4.79 Å². The van der Waals surface area contributed by atoms with Crippen LogP contribution in [0.5, 0.6) is 0 Å². The van der Waals surface area contributed by atoms with Crippen molar-refractivity contribution in [1.29, 1.82) is 0 Å². The summed E-state index contributed by atoms with van der Waals surface area (Å²) in [5.74, 6) is 0.545. The first kappa shape index (κ1) is 17.2. The SMILES string of the molecule is C=C1CC/C=C(\C)CCC2=C(C(C)C)C(=O)C[C@@]2(C)C[C@@H]1O. The predicted octanol–water partition coefficient (Wildman–Crippen LogP) is 4.75. The van der Waals surface area contributed by atoms with E-state index in [4.69, 9.17) is 0 Å². The molecule has 2 aliphatic carbocycles. The maximum absolute atomic E-state index is 12.5. The van der Waals surface area contributed by atoms with Gasteiger partial charge in [0.2, 0.25) is 0 Å². The normalized spacial score (nSPS) is 33.5.